The molecule has 2 heterocycles. The van der Waals surface area contributed by atoms with Crippen LogP contribution in [-0.2, 0) is 6.42 Å². The van der Waals surface area contributed by atoms with Gasteiger partial charge in [-0.05, 0) is 12.1 Å². The zero-order chi connectivity index (χ0) is 10.8. The number of nitrogens with zero attached hydrogens (tertiary/aromatic N) is 3. The van der Waals surface area contributed by atoms with Gasteiger partial charge in [-0.2, -0.15) is 10.1 Å². The molecule has 0 unspecified atom stereocenters. The number of hydrogen-bond donors (Lipinski definition) is 2. The van der Waals surface area contributed by atoms with Crippen LogP contribution in [0.4, 0.5) is 0 Å². The lowest BCUT2D eigenvalue weighted by Gasteiger charge is -2.02. The maximum Gasteiger partial charge on any atom is 0.241 e. The lowest BCUT2D eigenvalue weighted by atomic mass is 10.3. The second-order valence-corrected chi connectivity index (χ2v) is 3.09. The molecule has 0 saturated carbocycles. The molecule has 0 aliphatic carbocycles. The molecule has 0 fully saturated rings. The molecule has 6 nitrogen and oxygen atoms in total. The Morgan fingerprint density at radius 2 is 2.40 bits per heavy atom. The fraction of sp³-hybridized carbons (Fsp3) is 0.222. The summed E-state index contributed by atoms with van der Waals surface area (Å²) < 4.78 is 6.76. The Kier molecular flexibility index (Phi) is 2.24. The van der Waals surface area contributed by atoms with E-state index in [1.54, 1.807) is 11.6 Å². The van der Waals surface area contributed by atoms with E-state index in [1.165, 1.54) is 6.33 Å². The number of methoxy groups -OCH3 is 1. The molecule has 15 heavy (non-hydrogen) atoms. The van der Waals surface area contributed by atoms with Crippen molar-refractivity contribution in [3.05, 3.63) is 24.2 Å². The quantitative estimate of drug-likeness (QED) is 0.554. The number of nitrogens with one attached hydrogen (secondary N) is 1. The first kappa shape index (κ1) is 9.45. The van der Waals surface area contributed by atoms with Crippen LogP contribution in [0.25, 0.3) is 5.52 Å². The number of amidine groups is 1. The molecular formula is C9H11N5O. The fourth-order valence-corrected chi connectivity index (χ4v) is 1.45. The minimum Gasteiger partial charge on any atom is -0.479 e. The highest BCUT2D eigenvalue weighted by Gasteiger charge is 2.08. The first-order valence-corrected chi connectivity index (χ1v) is 4.41. The molecule has 2 rings (SSSR count). The normalized spacial score (nSPS) is 10.5. The molecule has 0 saturated heterocycles. The van der Waals surface area contributed by atoms with Gasteiger partial charge in [-0.25, -0.2) is 4.52 Å². The highest BCUT2D eigenvalue weighted by Crippen LogP contribution is 2.17. The smallest absolute Gasteiger partial charge is 0.241 e. The summed E-state index contributed by atoms with van der Waals surface area (Å²) in [5.41, 5.74) is 6.96. The van der Waals surface area contributed by atoms with Crippen LogP contribution in [0.2, 0.25) is 0 Å². The molecule has 0 aliphatic heterocycles. The zero-order valence-electron chi connectivity index (χ0n) is 8.27. The molecular weight excluding hydrogens is 194 g/mol. The number of hydrogen-bond acceptors (Lipinski definition) is 4. The summed E-state index contributed by atoms with van der Waals surface area (Å²) in [4.78, 5) is 3.98. The van der Waals surface area contributed by atoms with Gasteiger partial charge in [0.25, 0.3) is 0 Å². The zero-order valence-corrected chi connectivity index (χ0v) is 8.27. The van der Waals surface area contributed by atoms with E-state index < -0.39 is 0 Å². The van der Waals surface area contributed by atoms with Gasteiger partial charge in [-0.3, -0.25) is 5.41 Å². The third-order valence-electron chi connectivity index (χ3n) is 2.06. The van der Waals surface area contributed by atoms with Gasteiger partial charge >= 0.3 is 0 Å². The van der Waals surface area contributed by atoms with Crippen LogP contribution in [0.5, 0.6) is 5.88 Å². The predicted molar refractivity (Wildman–Crippen MR) is 55.2 cm³/mol. The predicted octanol–water partition coefficient (Wildman–Crippen LogP) is 0.216. The largest absolute Gasteiger partial charge is 0.479 e. The molecule has 2 aromatic heterocycles. The van der Waals surface area contributed by atoms with Crippen molar-refractivity contribution in [2.45, 2.75) is 6.42 Å². The van der Waals surface area contributed by atoms with Crippen molar-refractivity contribution in [1.82, 2.24) is 14.6 Å². The summed E-state index contributed by atoms with van der Waals surface area (Å²) in [5.74, 6) is 0.618. The highest BCUT2D eigenvalue weighted by atomic mass is 16.5. The molecule has 0 atom stereocenters. The van der Waals surface area contributed by atoms with Gasteiger partial charge in [0, 0.05) is 6.42 Å². The van der Waals surface area contributed by atoms with Gasteiger partial charge in [-0.1, -0.05) is 0 Å². The lowest BCUT2D eigenvalue weighted by Crippen LogP contribution is -2.14. The lowest BCUT2D eigenvalue weighted by molar-refractivity contribution is 0.398. The van der Waals surface area contributed by atoms with Crippen molar-refractivity contribution >= 4 is 11.4 Å². The number of ether oxygens (including phenoxy) is 1. The van der Waals surface area contributed by atoms with Crippen LogP contribution in [0.15, 0.2) is 18.5 Å². The van der Waals surface area contributed by atoms with Gasteiger partial charge < -0.3 is 10.5 Å². The Bertz CT molecular complexity index is 504. The van der Waals surface area contributed by atoms with Gasteiger partial charge in [0.1, 0.15) is 11.8 Å². The molecule has 0 spiro atoms. The van der Waals surface area contributed by atoms with Crippen LogP contribution >= 0.6 is 0 Å². The van der Waals surface area contributed by atoms with Gasteiger partial charge in [0.15, 0.2) is 0 Å². The highest BCUT2D eigenvalue weighted by molar-refractivity contribution is 5.79. The van der Waals surface area contributed by atoms with Crippen molar-refractivity contribution in [2.24, 2.45) is 5.73 Å². The van der Waals surface area contributed by atoms with Crippen molar-refractivity contribution in [3.63, 3.8) is 0 Å². The van der Waals surface area contributed by atoms with Gasteiger partial charge in [-0.15, -0.1) is 0 Å². The molecule has 0 radical (unpaired) electrons. The summed E-state index contributed by atoms with van der Waals surface area (Å²) in [7, 11) is 1.56. The maximum absolute atomic E-state index is 7.23. The number of nitrogens with two attached hydrogens (primary N) is 1. The molecule has 78 valence electrons. The summed E-state index contributed by atoms with van der Waals surface area (Å²) in [5, 5.41) is 11.3. The Balaban J connectivity index is 2.55. The molecule has 6 heteroatoms. The molecule has 0 bridgehead atoms. The maximum atomic E-state index is 7.23. The van der Waals surface area contributed by atoms with Gasteiger partial charge in [0.2, 0.25) is 5.88 Å². The van der Waals surface area contributed by atoms with E-state index in [-0.39, 0.29) is 5.84 Å². The Hall–Kier alpha value is -2.11. The van der Waals surface area contributed by atoms with E-state index in [0.29, 0.717) is 12.3 Å². The molecule has 0 amide bonds. The van der Waals surface area contributed by atoms with E-state index in [9.17, 15) is 0 Å². The van der Waals surface area contributed by atoms with Crippen LogP contribution < -0.4 is 10.5 Å². The average molecular weight is 205 g/mol. The summed E-state index contributed by atoms with van der Waals surface area (Å²) >= 11 is 0. The number of aromatic nitrogens is 3. The van der Waals surface area contributed by atoms with Crippen molar-refractivity contribution in [2.75, 3.05) is 7.11 Å². The number of rotatable bonds is 3. The fourth-order valence-electron chi connectivity index (χ4n) is 1.45. The molecule has 2 aromatic rings. The van der Waals surface area contributed by atoms with Crippen molar-refractivity contribution in [1.29, 1.82) is 5.41 Å². The first-order chi connectivity index (χ1) is 7.22. The van der Waals surface area contributed by atoms with E-state index in [4.69, 9.17) is 15.9 Å². The summed E-state index contributed by atoms with van der Waals surface area (Å²) in [6.45, 7) is 0. The second kappa shape index (κ2) is 3.56. The summed E-state index contributed by atoms with van der Waals surface area (Å²) in [6, 6.07) is 3.70. The van der Waals surface area contributed by atoms with Crippen molar-refractivity contribution < 1.29 is 4.74 Å². The third-order valence-corrected chi connectivity index (χ3v) is 2.06. The molecule has 0 aliphatic rings. The van der Waals surface area contributed by atoms with E-state index in [0.717, 1.165) is 11.2 Å². The number of fused-ring (bicyclic) bond motifs is 1. The Labute approximate surface area is 86.2 Å². The third kappa shape index (κ3) is 1.61. The van der Waals surface area contributed by atoms with Crippen LogP contribution in [-0.4, -0.2) is 27.5 Å². The second-order valence-electron chi connectivity index (χ2n) is 3.09. The van der Waals surface area contributed by atoms with Crippen LogP contribution in [0.1, 0.15) is 5.69 Å². The minimum atomic E-state index is 0.104. The Morgan fingerprint density at radius 3 is 3.07 bits per heavy atom. The van der Waals surface area contributed by atoms with E-state index in [1.807, 2.05) is 12.1 Å². The summed E-state index contributed by atoms with van der Waals surface area (Å²) in [6.07, 6.45) is 1.78. The van der Waals surface area contributed by atoms with E-state index in [2.05, 4.69) is 10.1 Å². The first-order valence-electron chi connectivity index (χ1n) is 4.41. The minimum absolute atomic E-state index is 0.104. The standard InChI is InChI=1S/C9H11N5O/c1-15-9-7-3-2-6(4-8(10)11)14(7)13-5-12-9/h2-3,5H,4H2,1H3,(H3,10,11). The van der Waals surface area contributed by atoms with E-state index >= 15 is 0 Å². The van der Waals surface area contributed by atoms with Gasteiger partial charge in [0.05, 0.1) is 18.6 Å². The van der Waals surface area contributed by atoms with Crippen LogP contribution in [0.3, 0.4) is 0 Å². The van der Waals surface area contributed by atoms with Crippen molar-refractivity contribution in [3.8, 4) is 5.88 Å². The monoisotopic (exact) mass is 205 g/mol. The average Bonchev–Trinajstić information content (AvgIpc) is 2.61. The SMILES string of the molecule is COc1ncnn2c(CC(=N)N)ccc12. The topological polar surface area (TPSA) is 89.3 Å². The molecule has 3 N–H and O–H groups in total. The van der Waals surface area contributed by atoms with Crippen LogP contribution in [0, 0.1) is 5.41 Å². The Morgan fingerprint density at radius 1 is 1.60 bits per heavy atom. The molecule has 0 aromatic carbocycles.